The highest BCUT2D eigenvalue weighted by atomic mass is 32.2. The van der Waals surface area contributed by atoms with Crippen LogP contribution in [0.2, 0.25) is 0 Å². The van der Waals surface area contributed by atoms with E-state index in [0.717, 1.165) is 18.2 Å². The Kier molecular flexibility index (Phi) is 6.16. The number of rotatable bonds is 6. The summed E-state index contributed by atoms with van der Waals surface area (Å²) in [7, 11) is -4.63. The molecule has 2 aromatic rings. The first kappa shape index (κ1) is 22.1. The highest BCUT2D eigenvalue weighted by Crippen LogP contribution is 2.33. The summed E-state index contributed by atoms with van der Waals surface area (Å²) < 4.78 is 83.3. The summed E-state index contributed by atoms with van der Waals surface area (Å²) in [6, 6.07) is 3.84. The fourth-order valence-electron chi connectivity index (χ4n) is 2.23. The second-order valence-corrected chi connectivity index (χ2v) is 7.25. The van der Waals surface area contributed by atoms with Crippen molar-refractivity contribution in [3.8, 4) is 0 Å². The molecule has 0 unspecified atom stereocenters. The molecule has 2 rings (SSSR count). The molecule has 156 valence electrons. The maximum atomic E-state index is 13.4. The lowest BCUT2D eigenvalue weighted by molar-refractivity contribution is -0.139. The molecule has 0 atom stereocenters. The van der Waals surface area contributed by atoms with Crippen LogP contribution < -0.4 is 4.72 Å². The molecular weight excluding hydrogens is 422 g/mol. The Bertz CT molecular complexity index is 1070. The van der Waals surface area contributed by atoms with Crippen molar-refractivity contribution in [2.45, 2.75) is 18.0 Å². The molecule has 0 heterocycles. The van der Waals surface area contributed by atoms with E-state index in [9.17, 15) is 35.6 Å². The number of ether oxygens (including phenoxy) is 1. The second-order valence-electron chi connectivity index (χ2n) is 5.57. The molecule has 0 amide bonds. The summed E-state index contributed by atoms with van der Waals surface area (Å²) in [6.45, 7) is 1.41. The van der Waals surface area contributed by atoms with E-state index < -0.39 is 55.7 Å². The third-order valence-electron chi connectivity index (χ3n) is 3.50. The fraction of sp³-hybridized carbons (Fsp3) is 0.176. The average Bonchev–Trinajstić information content (AvgIpc) is 2.62. The number of carboxylic acids is 1. The minimum absolute atomic E-state index is 0.0632. The minimum Gasteiger partial charge on any atom is -0.478 e. The molecule has 2 aromatic carbocycles. The van der Waals surface area contributed by atoms with Gasteiger partial charge in [-0.1, -0.05) is 0 Å². The van der Waals surface area contributed by atoms with E-state index in [1.165, 1.54) is 6.92 Å². The third kappa shape index (κ3) is 5.22. The first-order valence-electron chi connectivity index (χ1n) is 7.80. The van der Waals surface area contributed by atoms with Gasteiger partial charge in [-0.2, -0.15) is 13.2 Å². The summed E-state index contributed by atoms with van der Waals surface area (Å²) in [4.78, 5) is 22.4. The number of alkyl halides is 3. The Morgan fingerprint density at radius 3 is 2.28 bits per heavy atom. The van der Waals surface area contributed by atoms with Gasteiger partial charge in [-0.05, 0) is 43.3 Å². The Balaban J connectivity index is 2.51. The lowest BCUT2D eigenvalue weighted by Crippen LogP contribution is -2.17. The van der Waals surface area contributed by atoms with E-state index >= 15 is 0 Å². The highest BCUT2D eigenvalue weighted by molar-refractivity contribution is 7.92. The van der Waals surface area contributed by atoms with Crippen LogP contribution in [0.5, 0.6) is 0 Å². The number of esters is 1. The van der Waals surface area contributed by atoms with Gasteiger partial charge in [-0.25, -0.2) is 22.4 Å². The van der Waals surface area contributed by atoms with Crippen LogP contribution in [-0.2, 0) is 20.9 Å². The maximum absolute atomic E-state index is 13.4. The topological polar surface area (TPSA) is 110 Å². The van der Waals surface area contributed by atoms with Crippen molar-refractivity contribution in [1.82, 2.24) is 0 Å². The number of carboxylic acid groups (broad SMARTS) is 1. The van der Waals surface area contributed by atoms with Crippen LogP contribution >= 0.6 is 0 Å². The molecule has 0 saturated carbocycles. The number of carbonyl (C=O) groups excluding carboxylic acids is 1. The number of sulfonamides is 1. The first-order chi connectivity index (χ1) is 13.3. The van der Waals surface area contributed by atoms with Gasteiger partial charge in [0.15, 0.2) is 0 Å². The molecule has 0 aliphatic heterocycles. The summed E-state index contributed by atoms with van der Waals surface area (Å²) >= 11 is 0. The average molecular weight is 435 g/mol. The Hall–Kier alpha value is -3.15. The molecule has 0 aliphatic carbocycles. The molecule has 0 saturated heterocycles. The number of hydrogen-bond acceptors (Lipinski definition) is 5. The fourth-order valence-corrected chi connectivity index (χ4v) is 3.35. The van der Waals surface area contributed by atoms with Crippen molar-refractivity contribution in [2.75, 3.05) is 11.3 Å². The molecule has 0 radical (unpaired) electrons. The molecule has 0 fully saturated rings. The SMILES string of the molecule is CCOC(=O)c1cc(C(=O)O)cc(S(=O)(=O)Nc2ccc(F)c(C(F)(F)F)c2)c1. The highest BCUT2D eigenvalue weighted by Gasteiger charge is 2.34. The predicted molar refractivity (Wildman–Crippen MR) is 91.6 cm³/mol. The van der Waals surface area contributed by atoms with Crippen LogP contribution in [0.4, 0.5) is 23.2 Å². The number of carbonyl (C=O) groups is 2. The van der Waals surface area contributed by atoms with Crippen LogP contribution in [0.3, 0.4) is 0 Å². The molecular formula is C17H13F4NO6S. The molecule has 7 nitrogen and oxygen atoms in total. The number of aromatic carboxylic acids is 1. The second kappa shape index (κ2) is 8.07. The predicted octanol–water partition coefficient (Wildman–Crippen LogP) is 3.52. The van der Waals surface area contributed by atoms with Gasteiger partial charge in [-0.15, -0.1) is 0 Å². The Morgan fingerprint density at radius 1 is 1.10 bits per heavy atom. The molecule has 0 spiro atoms. The number of hydrogen-bond donors (Lipinski definition) is 2. The zero-order valence-electron chi connectivity index (χ0n) is 14.6. The number of benzene rings is 2. The quantitative estimate of drug-likeness (QED) is 0.531. The smallest absolute Gasteiger partial charge is 0.419 e. The summed E-state index contributed by atoms with van der Waals surface area (Å²) in [5.74, 6) is -4.14. The Morgan fingerprint density at radius 2 is 1.72 bits per heavy atom. The number of anilines is 1. The molecule has 0 aliphatic rings. The maximum Gasteiger partial charge on any atom is 0.419 e. The van der Waals surface area contributed by atoms with Crippen LogP contribution in [0, 0.1) is 5.82 Å². The normalized spacial score (nSPS) is 11.8. The Labute approximate surface area is 162 Å². The molecule has 0 bridgehead atoms. The first-order valence-corrected chi connectivity index (χ1v) is 9.28. The molecule has 29 heavy (non-hydrogen) atoms. The summed E-state index contributed by atoms with van der Waals surface area (Å²) in [5.41, 5.74) is -3.26. The van der Waals surface area contributed by atoms with Crippen LogP contribution in [0.15, 0.2) is 41.3 Å². The van der Waals surface area contributed by atoms with Gasteiger partial charge in [0.25, 0.3) is 10.0 Å². The summed E-state index contributed by atoms with van der Waals surface area (Å²) in [5, 5.41) is 9.12. The van der Waals surface area contributed by atoms with E-state index in [4.69, 9.17) is 9.84 Å². The van der Waals surface area contributed by atoms with E-state index in [2.05, 4.69) is 0 Å². The zero-order chi connectivity index (χ0) is 22.0. The zero-order valence-corrected chi connectivity index (χ0v) is 15.4. The standard InChI is InChI=1S/C17H13F4NO6S/c1-2-28-16(25)10-5-9(15(23)24)6-12(7-10)29(26,27)22-11-3-4-14(18)13(8-11)17(19,20)21/h3-8,22H,2H2,1H3,(H,23,24). The van der Waals surface area contributed by atoms with Crippen molar-refractivity contribution in [2.24, 2.45) is 0 Å². The van der Waals surface area contributed by atoms with Crippen molar-refractivity contribution in [3.05, 3.63) is 58.9 Å². The van der Waals surface area contributed by atoms with E-state index in [1.54, 1.807) is 4.72 Å². The van der Waals surface area contributed by atoms with Gasteiger partial charge < -0.3 is 9.84 Å². The van der Waals surface area contributed by atoms with Gasteiger partial charge in [0.1, 0.15) is 5.82 Å². The van der Waals surface area contributed by atoms with Crippen molar-refractivity contribution < 1.29 is 45.4 Å². The van der Waals surface area contributed by atoms with Gasteiger partial charge in [0.2, 0.25) is 0 Å². The van der Waals surface area contributed by atoms with Crippen LogP contribution in [0.25, 0.3) is 0 Å². The summed E-state index contributed by atoms with van der Waals surface area (Å²) in [6.07, 6.45) is -5.06. The number of nitrogens with one attached hydrogen (secondary N) is 1. The van der Waals surface area contributed by atoms with Crippen LogP contribution in [-0.4, -0.2) is 32.1 Å². The van der Waals surface area contributed by atoms with E-state index in [0.29, 0.717) is 12.1 Å². The van der Waals surface area contributed by atoms with Gasteiger partial charge in [0, 0.05) is 5.69 Å². The molecule has 2 N–H and O–H groups in total. The third-order valence-corrected chi connectivity index (χ3v) is 4.86. The van der Waals surface area contributed by atoms with Gasteiger partial charge >= 0.3 is 18.1 Å². The minimum atomic E-state index is -5.06. The monoisotopic (exact) mass is 435 g/mol. The van der Waals surface area contributed by atoms with Crippen molar-refractivity contribution >= 4 is 27.6 Å². The largest absolute Gasteiger partial charge is 0.478 e. The van der Waals surface area contributed by atoms with Gasteiger partial charge in [-0.3, -0.25) is 4.72 Å². The van der Waals surface area contributed by atoms with E-state index in [-0.39, 0.29) is 18.2 Å². The van der Waals surface area contributed by atoms with Crippen LogP contribution in [0.1, 0.15) is 33.2 Å². The molecule has 0 aromatic heterocycles. The van der Waals surface area contributed by atoms with Crippen molar-refractivity contribution in [3.63, 3.8) is 0 Å². The van der Waals surface area contributed by atoms with Crippen molar-refractivity contribution in [1.29, 1.82) is 0 Å². The molecule has 12 heteroatoms. The lowest BCUT2D eigenvalue weighted by atomic mass is 10.1. The van der Waals surface area contributed by atoms with E-state index in [1.807, 2.05) is 0 Å². The number of halogens is 4. The van der Waals surface area contributed by atoms with Gasteiger partial charge in [0.05, 0.1) is 28.2 Å². The lowest BCUT2D eigenvalue weighted by Gasteiger charge is -2.13.